The fraction of sp³-hybridized carbons (Fsp3) is 0.615. The molecule has 2 heterocycles. The Hall–Kier alpha value is -1.07. The molecule has 100 valence electrons. The van der Waals surface area contributed by atoms with Crippen LogP contribution >= 0.6 is 0 Å². The highest BCUT2D eigenvalue weighted by molar-refractivity contribution is 5.08. The van der Waals surface area contributed by atoms with Gasteiger partial charge >= 0.3 is 0 Å². The van der Waals surface area contributed by atoms with Gasteiger partial charge in [0.05, 0.1) is 11.9 Å². The van der Waals surface area contributed by atoms with Crippen LogP contribution in [0, 0.1) is 11.6 Å². The maximum Gasteiger partial charge on any atom is 0.148 e. The fourth-order valence-corrected chi connectivity index (χ4v) is 2.36. The molecule has 5 heteroatoms. The average molecular weight is 255 g/mol. The Balaban J connectivity index is 1.96. The highest BCUT2D eigenvalue weighted by atomic mass is 19.1. The topological polar surface area (TPSA) is 19.4 Å². The number of likely N-dealkylation sites (tertiary alicyclic amines) is 1. The van der Waals surface area contributed by atoms with E-state index < -0.39 is 11.6 Å². The summed E-state index contributed by atoms with van der Waals surface area (Å²) in [5, 5.41) is 0. The number of halogens is 2. The van der Waals surface area contributed by atoms with E-state index in [4.69, 9.17) is 0 Å². The second-order valence-electron chi connectivity index (χ2n) is 5.03. The van der Waals surface area contributed by atoms with Crippen LogP contribution < -0.4 is 0 Å². The van der Waals surface area contributed by atoms with E-state index in [1.54, 1.807) is 0 Å². The van der Waals surface area contributed by atoms with Crippen LogP contribution in [0.25, 0.3) is 0 Å². The standard InChI is InChI=1S/C13H19F2N3/c1-17-5-3-11(4-6-17)18(2)9-13-12(15)7-10(14)8-16-13/h7-8,11H,3-6,9H2,1-2H3. The summed E-state index contributed by atoms with van der Waals surface area (Å²) in [4.78, 5) is 8.23. The smallest absolute Gasteiger partial charge is 0.148 e. The van der Waals surface area contributed by atoms with E-state index in [0.717, 1.165) is 38.2 Å². The molecular weight excluding hydrogens is 236 g/mol. The van der Waals surface area contributed by atoms with Crippen molar-refractivity contribution in [1.82, 2.24) is 14.8 Å². The number of pyridine rings is 1. The fourth-order valence-electron chi connectivity index (χ4n) is 2.36. The Morgan fingerprint density at radius 2 is 2.06 bits per heavy atom. The summed E-state index contributed by atoms with van der Waals surface area (Å²) in [7, 11) is 4.08. The molecule has 0 unspecified atom stereocenters. The first-order chi connectivity index (χ1) is 8.56. The van der Waals surface area contributed by atoms with E-state index in [1.807, 2.05) is 7.05 Å². The van der Waals surface area contributed by atoms with Gasteiger partial charge in [0.15, 0.2) is 0 Å². The minimum Gasteiger partial charge on any atom is -0.306 e. The molecule has 2 rings (SSSR count). The number of aromatic nitrogens is 1. The van der Waals surface area contributed by atoms with Gasteiger partial charge in [0.25, 0.3) is 0 Å². The van der Waals surface area contributed by atoms with Gasteiger partial charge < -0.3 is 4.90 Å². The van der Waals surface area contributed by atoms with Gasteiger partial charge in [-0.05, 0) is 40.0 Å². The molecule has 1 aromatic rings. The second kappa shape index (κ2) is 5.71. The van der Waals surface area contributed by atoms with E-state index in [-0.39, 0.29) is 0 Å². The molecule has 0 spiro atoms. The molecule has 1 aromatic heterocycles. The van der Waals surface area contributed by atoms with E-state index in [9.17, 15) is 8.78 Å². The summed E-state index contributed by atoms with van der Waals surface area (Å²) in [5.74, 6) is -1.19. The van der Waals surface area contributed by atoms with Gasteiger partial charge in [-0.2, -0.15) is 0 Å². The third-order valence-electron chi connectivity index (χ3n) is 3.59. The first kappa shape index (κ1) is 13.4. The lowest BCUT2D eigenvalue weighted by molar-refractivity contribution is 0.137. The number of hydrogen-bond donors (Lipinski definition) is 0. The lowest BCUT2D eigenvalue weighted by atomic mass is 10.0. The third-order valence-corrected chi connectivity index (χ3v) is 3.59. The molecular formula is C13H19F2N3. The normalized spacial score (nSPS) is 18.5. The van der Waals surface area contributed by atoms with Crippen molar-refractivity contribution < 1.29 is 8.78 Å². The highest BCUT2D eigenvalue weighted by Crippen LogP contribution is 2.17. The molecule has 1 fully saturated rings. The van der Waals surface area contributed by atoms with E-state index in [2.05, 4.69) is 21.8 Å². The molecule has 0 aliphatic carbocycles. The molecule has 0 atom stereocenters. The molecule has 0 aromatic carbocycles. The molecule has 0 radical (unpaired) electrons. The van der Waals surface area contributed by atoms with Crippen LogP contribution in [0.15, 0.2) is 12.3 Å². The summed E-state index contributed by atoms with van der Waals surface area (Å²) in [5.41, 5.74) is 0.317. The predicted molar refractivity (Wildman–Crippen MR) is 66.1 cm³/mol. The number of rotatable bonds is 3. The van der Waals surface area contributed by atoms with Crippen molar-refractivity contribution in [2.24, 2.45) is 0 Å². The first-order valence-corrected chi connectivity index (χ1v) is 6.25. The van der Waals surface area contributed by atoms with Crippen LogP contribution in [-0.2, 0) is 6.54 Å². The summed E-state index contributed by atoms with van der Waals surface area (Å²) in [6, 6.07) is 1.35. The van der Waals surface area contributed by atoms with Crippen molar-refractivity contribution in [2.75, 3.05) is 27.2 Å². The number of nitrogens with zero attached hydrogens (tertiary/aromatic N) is 3. The minimum atomic E-state index is -0.627. The first-order valence-electron chi connectivity index (χ1n) is 6.25. The van der Waals surface area contributed by atoms with Gasteiger partial charge in [-0.3, -0.25) is 9.88 Å². The summed E-state index contributed by atoms with van der Waals surface area (Å²) >= 11 is 0. The summed E-state index contributed by atoms with van der Waals surface area (Å²) in [6.07, 6.45) is 3.23. The monoisotopic (exact) mass is 255 g/mol. The number of piperidine rings is 1. The molecule has 0 bridgehead atoms. The SMILES string of the molecule is CN1CCC(N(C)Cc2ncc(F)cc2F)CC1. The van der Waals surface area contributed by atoms with Crippen LogP contribution in [0.5, 0.6) is 0 Å². The molecule has 1 aliphatic heterocycles. The zero-order valence-corrected chi connectivity index (χ0v) is 10.9. The number of hydrogen-bond acceptors (Lipinski definition) is 3. The minimum absolute atomic E-state index is 0.317. The van der Waals surface area contributed by atoms with Crippen molar-refractivity contribution in [2.45, 2.75) is 25.4 Å². The van der Waals surface area contributed by atoms with Gasteiger partial charge in [-0.25, -0.2) is 8.78 Å². The zero-order valence-electron chi connectivity index (χ0n) is 10.9. The maximum absolute atomic E-state index is 13.5. The van der Waals surface area contributed by atoms with Crippen LogP contribution in [-0.4, -0.2) is 48.0 Å². The lowest BCUT2D eigenvalue weighted by Gasteiger charge is -2.34. The van der Waals surface area contributed by atoms with E-state index in [0.29, 0.717) is 18.3 Å². The molecule has 1 saturated heterocycles. The Morgan fingerprint density at radius 1 is 1.39 bits per heavy atom. The Labute approximate surface area is 106 Å². The van der Waals surface area contributed by atoms with Gasteiger partial charge in [-0.15, -0.1) is 0 Å². The molecule has 1 aliphatic rings. The van der Waals surface area contributed by atoms with Crippen molar-refractivity contribution in [3.05, 3.63) is 29.6 Å². The third kappa shape index (κ3) is 3.23. The van der Waals surface area contributed by atoms with Crippen molar-refractivity contribution in [3.8, 4) is 0 Å². The highest BCUT2D eigenvalue weighted by Gasteiger charge is 2.21. The predicted octanol–water partition coefficient (Wildman–Crippen LogP) is 1.89. The average Bonchev–Trinajstić information content (AvgIpc) is 2.33. The van der Waals surface area contributed by atoms with Gasteiger partial charge in [-0.1, -0.05) is 0 Å². The van der Waals surface area contributed by atoms with Crippen LogP contribution in [0.4, 0.5) is 8.78 Å². The Bertz CT molecular complexity index is 403. The van der Waals surface area contributed by atoms with Crippen LogP contribution in [0.1, 0.15) is 18.5 Å². The Kier molecular flexibility index (Phi) is 4.24. The maximum atomic E-state index is 13.5. The van der Waals surface area contributed by atoms with Crippen molar-refractivity contribution in [1.29, 1.82) is 0 Å². The van der Waals surface area contributed by atoms with Gasteiger partial charge in [0.1, 0.15) is 11.6 Å². The largest absolute Gasteiger partial charge is 0.306 e. The van der Waals surface area contributed by atoms with Crippen LogP contribution in [0.3, 0.4) is 0 Å². The molecule has 0 N–H and O–H groups in total. The molecule has 0 amide bonds. The zero-order chi connectivity index (χ0) is 13.1. The second-order valence-corrected chi connectivity index (χ2v) is 5.03. The Morgan fingerprint density at radius 3 is 2.67 bits per heavy atom. The molecule has 18 heavy (non-hydrogen) atoms. The van der Waals surface area contributed by atoms with E-state index in [1.165, 1.54) is 0 Å². The summed E-state index contributed by atoms with van der Waals surface area (Å²) < 4.78 is 26.3. The lowest BCUT2D eigenvalue weighted by Crippen LogP contribution is -2.41. The quantitative estimate of drug-likeness (QED) is 0.822. The van der Waals surface area contributed by atoms with Gasteiger partial charge in [0.2, 0.25) is 0 Å². The van der Waals surface area contributed by atoms with E-state index >= 15 is 0 Å². The van der Waals surface area contributed by atoms with Gasteiger partial charge in [0, 0.05) is 18.7 Å². The van der Waals surface area contributed by atoms with Crippen molar-refractivity contribution >= 4 is 0 Å². The summed E-state index contributed by atoms with van der Waals surface area (Å²) in [6.45, 7) is 2.56. The molecule has 0 saturated carbocycles. The molecule has 3 nitrogen and oxygen atoms in total. The van der Waals surface area contributed by atoms with Crippen LogP contribution in [0.2, 0.25) is 0 Å². The van der Waals surface area contributed by atoms with Crippen molar-refractivity contribution in [3.63, 3.8) is 0 Å².